The van der Waals surface area contributed by atoms with Gasteiger partial charge in [-0.2, -0.15) is 5.10 Å². The van der Waals surface area contributed by atoms with Crippen molar-refractivity contribution in [1.82, 2.24) is 14.7 Å². The largest absolute Gasteiger partial charge is 0.381 e. The minimum Gasteiger partial charge on any atom is -0.381 e. The first kappa shape index (κ1) is 15.5. The molecule has 1 aromatic heterocycles. The summed E-state index contributed by atoms with van der Waals surface area (Å²) in [7, 11) is 3.77. The molecule has 122 valence electrons. The van der Waals surface area contributed by atoms with Crippen LogP contribution in [0.1, 0.15) is 36.2 Å². The molecule has 0 radical (unpaired) electrons. The van der Waals surface area contributed by atoms with Crippen molar-refractivity contribution in [3.05, 3.63) is 17.0 Å². The lowest BCUT2D eigenvalue weighted by Gasteiger charge is -2.37. The molecule has 2 fully saturated rings. The maximum absolute atomic E-state index is 12.6. The number of amides is 1. The van der Waals surface area contributed by atoms with Crippen molar-refractivity contribution in [2.24, 2.45) is 18.9 Å². The number of hydrogen-bond acceptors (Lipinski definition) is 3. The molecule has 1 aliphatic heterocycles. The zero-order chi connectivity index (χ0) is 15.9. The topological polar surface area (TPSA) is 47.4 Å². The van der Waals surface area contributed by atoms with E-state index in [-0.39, 0.29) is 5.91 Å². The Kier molecular flexibility index (Phi) is 4.26. The van der Waals surface area contributed by atoms with Crippen LogP contribution in [0.5, 0.6) is 0 Å². The first-order valence-corrected chi connectivity index (χ1v) is 8.31. The van der Waals surface area contributed by atoms with Crippen LogP contribution in [0.4, 0.5) is 0 Å². The van der Waals surface area contributed by atoms with Gasteiger partial charge in [0, 0.05) is 51.2 Å². The van der Waals surface area contributed by atoms with E-state index in [4.69, 9.17) is 4.74 Å². The lowest BCUT2D eigenvalue weighted by atomic mass is 9.94. The van der Waals surface area contributed by atoms with Crippen LogP contribution < -0.4 is 0 Å². The second kappa shape index (κ2) is 6.03. The zero-order valence-electron chi connectivity index (χ0n) is 14.1. The number of carbonyl (C=O) groups excluding carboxylic acids is 1. The molecule has 5 heteroatoms. The number of ether oxygens (including phenoxy) is 1. The second-order valence-corrected chi connectivity index (χ2v) is 6.87. The van der Waals surface area contributed by atoms with E-state index in [0.717, 1.165) is 25.2 Å². The van der Waals surface area contributed by atoms with E-state index in [1.54, 1.807) is 7.11 Å². The normalized spacial score (nSPS) is 27.5. The Morgan fingerprint density at radius 2 is 1.91 bits per heavy atom. The molecule has 0 N–H and O–H groups in total. The third kappa shape index (κ3) is 2.67. The summed E-state index contributed by atoms with van der Waals surface area (Å²) in [5.74, 6) is 1.36. The van der Waals surface area contributed by atoms with Gasteiger partial charge < -0.3 is 9.64 Å². The number of piperidine rings is 1. The van der Waals surface area contributed by atoms with Gasteiger partial charge in [0.25, 0.3) is 0 Å². The number of fused-ring (bicyclic) bond motifs is 2. The fourth-order valence-electron chi connectivity index (χ4n) is 4.33. The Balaban J connectivity index is 1.59. The first-order chi connectivity index (χ1) is 10.5. The van der Waals surface area contributed by atoms with E-state index in [0.29, 0.717) is 24.4 Å². The molecule has 1 amide bonds. The van der Waals surface area contributed by atoms with E-state index < -0.39 is 0 Å². The summed E-state index contributed by atoms with van der Waals surface area (Å²) in [6.07, 6.45) is 4.16. The van der Waals surface area contributed by atoms with Crippen molar-refractivity contribution in [2.75, 3.05) is 20.2 Å². The van der Waals surface area contributed by atoms with Crippen molar-refractivity contribution in [2.45, 2.75) is 45.6 Å². The van der Waals surface area contributed by atoms with E-state index in [1.165, 1.54) is 24.1 Å². The molecule has 2 bridgehead atoms. The predicted octanol–water partition coefficient (Wildman–Crippen LogP) is 1.85. The number of aryl methyl sites for hydroxylation is 2. The summed E-state index contributed by atoms with van der Waals surface area (Å²) < 4.78 is 7.52. The molecule has 2 heterocycles. The quantitative estimate of drug-likeness (QED) is 0.853. The van der Waals surface area contributed by atoms with Crippen LogP contribution in [0.15, 0.2) is 0 Å². The van der Waals surface area contributed by atoms with E-state index in [1.807, 2.05) is 18.7 Å². The van der Waals surface area contributed by atoms with Crippen molar-refractivity contribution >= 4 is 5.91 Å². The van der Waals surface area contributed by atoms with Crippen molar-refractivity contribution in [3.8, 4) is 0 Å². The highest BCUT2D eigenvalue weighted by Crippen LogP contribution is 2.38. The first-order valence-electron chi connectivity index (χ1n) is 8.31. The Labute approximate surface area is 132 Å². The van der Waals surface area contributed by atoms with Gasteiger partial charge >= 0.3 is 0 Å². The number of aromatic nitrogens is 2. The zero-order valence-corrected chi connectivity index (χ0v) is 14.1. The molecule has 0 aromatic carbocycles. The fourth-order valence-corrected chi connectivity index (χ4v) is 4.33. The average Bonchev–Trinajstić information content (AvgIpc) is 2.88. The number of carbonyl (C=O) groups is 1. The van der Waals surface area contributed by atoms with E-state index in [9.17, 15) is 4.79 Å². The number of nitrogens with zero attached hydrogens (tertiary/aromatic N) is 3. The summed E-state index contributed by atoms with van der Waals surface area (Å²) in [4.78, 5) is 14.6. The minimum absolute atomic E-state index is 0.286. The molecule has 1 saturated carbocycles. The molecule has 1 saturated heterocycles. The molecule has 3 atom stereocenters. The van der Waals surface area contributed by atoms with Crippen molar-refractivity contribution in [3.63, 3.8) is 0 Å². The van der Waals surface area contributed by atoms with Crippen LogP contribution in [0.25, 0.3) is 0 Å². The van der Waals surface area contributed by atoms with Crippen LogP contribution in [-0.4, -0.2) is 46.9 Å². The van der Waals surface area contributed by atoms with Crippen LogP contribution in [0.3, 0.4) is 0 Å². The number of rotatable bonds is 4. The SMILES string of the molecule is COC1[C@@H]2CC[C@H]1CN(C(=O)CCc1c(C)nn(C)c1C)C2. The van der Waals surface area contributed by atoms with E-state index >= 15 is 0 Å². The molecule has 2 aliphatic rings. The Hall–Kier alpha value is -1.36. The highest BCUT2D eigenvalue weighted by atomic mass is 16.5. The second-order valence-electron chi connectivity index (χ2n) is 6.87. The van der Waals surface area contributed by atoms with Crippen LogP contribution >= 0.6 is 0 Å². The van der Waals surface area contributed by atoms with Gasteiger partial charge in [-0.1, -0.05) is 0 Å². The molecular formula is C17H27N3O2. The van der Waals surface area contributed by atoms with Gasteiger partial charge in [-0.25, -0.2) is 0 Å². The molecule has 5 nitrogen and oxygen atoms in total. The molecule has 1 unspecified atom stereocenters. The summed E-state index contributed by atoms with van der Waals surface area (Å²) in [5, 5.41) is 4.43. The molecule has 1 aliphatic carbocycles. The van der Waals surface area contributed by atoms with Crippen molar-refractivity contribution < 1.29 is 9.53 Å². The van der Waals surface area contributed by atoms with Crippen LogP contribution in [0, 0.1) is 25.7 Å². The van der Waals surface area contributed by atoms with Crippen LogP contribution in [-0.2, 0) is 23.0 Å². The maximum Gasteiger partial charge on any atom is 0.222 e. The number of methoxy groups -OCH3 is 1. The Bertz CT molecular complexity index is 552. The van der Waals surface area contributed by atoms with Gasteiger partial charge in [-0.05, 0) is 38.7 Å². The Morgan fingerprint density at radius 1 is 1.27 bits per heavy atom. The summed E-state index contributed by atoms with van der Waals surface area (Å²) in [6, 6.07) is 0. The smallest absolute Gasteiger partial charge is 0.222 e. The summed E-state index contributed by atoms with van der Waals surface area (Å²) in [6.45, 7) is 5.85. The number of hydrogen-bond donors (Lipinski definition) is 0. The van der Waals surface area contributed by atoms with Gasteiger partial charge in [0.2, 0.25) is 5.91 Å². The summed E-state index contributed by atoms with van der Waals surface area (Å²) in [5.41, 5.74) is 3.44. The molecule has 3 rings (SSSR count). The Morgan fingerprint density at radius 3 is 2.41 bits per heavy atom. The fraction of sp³-hybridized carbons (Fsp3) is 0.765. The van der Waals surface area contributed by atoms with Gasteiger partial charge in [0.05, 0.1) is 11.8 Å². The monoisotopic (exact) mass is 305 g/mol. The molecule has 22 heavy (non-hydrogen) atoms. The van der Waals surface area contributed by atoms with Gasteiger partial charge in [-0.3, -0.25) is 9.48 Å². The van der Waals surface area contributed by atoms with Crippen molar-refractivity contribution in [1.29, 1.82) is 0 Å². The third-order valence-electron chi connectivity index (χ3n) is 5.62. The van der Waals surface area contributed by atoms with Gasteiger partial charge in [-0.15, -0.1) is 0 Å². The maximum atomic E-state index is 12.6. The number of likely N-dealkylation sites (tertiary alicyclic amines) is 1. The standard InChI is InChI=1S/C17H27N3O2/c1-11-15(12(2)19(3)18-11)7-8-16(21)20-9-13-5-6-14(10-20)17(13)22-4/h13-14,17H,5-10H2,1-4H3/t13-,14+,17?. The third-order valence-corrected chi connectivity index (χ3v) is 5.62. The lowest BCUT2D eigenvalue weighted by molar-refractivity contribution is -0.136. The minimum atomic E-state index is 0.286. The van der Waals surface area contributed by atoms with Gasteiger partial charge in [0.1, 0.15) is 0 Å². The molecule has 0 spiro atoms. The van der Waals surface area contributed by atoms with Crippen LogP contribution in [0.2, 0.25) is 0 Å². The summed E-state index contributed by atoms with van der Waals surface area (Å²) >= 11 is 0. The molecular weight excluding hydrogens is 278 g/mol. The predicted molar refractivity (Wildman–Crippen MR) is 84.6 cm³/mol. The highest BCUT2D eigenvalue weighted by Gasteiger charge is 2.43. The van der Waals surface area contributed by atoms with E-state index in [2.05, 4.69) is 16.9 Å². The highest BCUT2D eigenvalue weighted by molar-refractivity contribution is 5.76. The average molecular weight is 305 g/mol. The lowest BCUT2D eigenvalue weighted by Crippen LogP contribution is -2.48. The van der Waals surface area contributed by atoms with Gasteiger partial charge in [0.15, 0.2) is 0 Å². The molecule has 1 aromatic rings.